The third-order valence-electron chi connectivity index (χ3n) is 3.18. The molecule has 4 nitrogen and oxygen atoms in total. The predicted octanol–water partition coefficient (Wildman–Crippen LogP) is 2.72. The molecule has 104 valence electrons. The van der Waals surface area contributed by atoms with Crippen LogP contribution in [0, 0.1) is 0 Å². The van der Waals surface area contributed by atoms with E-state index in [-0.39, 0.29) is 5.91 Å². The maximum absolute atomic E-state index is 12.3. The van der Waals surface area contributed by atoms with E-state index in [1.165, 1.54) is 0 Å². The fourth-order valence-electron chi connectivity index (χ4n) is 2.29. The highest BCUT2D eigenvalue weighted by molar-refractivity contribution is 5.95. The molecule has 1 heterocycles. The van der Waals surface area contributed by atoms with Crippen molar-refractivity contribution in [3.63, 3.8) is 0 Å². The van der Waals surface area contributed by atoms with Gasteiger partial charge in [0, 0.05) is 18.7 Å². The summed E-state index contributed by atoms with van der Waals surface area (Å²) in [4.78, 5) is 14.2. The first kappa shape index (κ1) is 13.7. The zero-order valence-electron chi connectivity index (χ0n) is 11.6. The number of hydrogen-bond donors (Lipinski definition) is 0. The highest BCUT2D eigenvalue weighted by atomic mass is 16.5. The summed E-state index contributed by atoms with van der Waals surface area (Å²) in [5.41, 5.74) is 0.675. The smallest absolute Gasteiger partial charge is 0.253 e. The minimum Gasteiger partial charge on any atom is -0.490 e. The number of rotatable bonds is 5. The summed E-state index contributed by atoms with van der Waals surface area (Å²) in [7, 11) is 0. The Hall–Kier alpha value is -1.71. The van der Waals surface area contributed by atoms with E-state index in [2.05, 4.69) is 0 Å². The molecule has 0 spiro atoms. The average Bonchev–Trinajstić information content (AvgIpc) is 2.94. The highest BCUT2D eigenvalue weighted by Crippen LogP contribution is 2.29. The fourth-order valence-corrected chi connectivity index (χ4v) is 2.29. The van der Waals surface area contributed by atoms with Crippen molar-refractivity contribution >= 4 is 5.91 Å². The Bertz CT molecular complexity index is 439. The maximum atomic E-state index is 12.3. The van der Waals surface area contributed by atoms with Crippen LogP contribution in [0.2, 0.25) is 0 Å². The molecule has 0 atom stereocenters. The van der Waals surface area contributed by atoms with E-state index in [9.17, 15) is 4.79 Å². The van der Waals surface area contributed by atoms with Crippen LogP contribution < -0.4 is 9.47 Å². The molecule has 4 heteroatoms. The van der Waals surface area contributed by atoms with Crippen molar-refractivity contribution in [3.05, 3.63) is 23.8 Å². The number of hydrogen-bond acceptors (Lipinski definition) is 3. The first-order valence-corrected chi connectivity index (χ1v) is 6.95. The van der Waals surface area contributed by atoms with Crippen LogP contribution in [0.4, 0.5) is 0 Å². The second-order valence-corrected chi connectivity index (χ2v) is 4.53. The molecule has 0 aliphatic carbocycles. The van der Waals surface area contributed by atoms with Gasteiger partial charge in [0.15, 0.2) is 11.5 Å². The number of benzene rings is 1. The minimum absolute atomic E-state index is 0.0847. The summed E-state index contributed by atoms with van der Waals surface area (Å²) in [5, 5.41) is 0. The molecule has 0 aromatic heterocycles. The first-order chi connectivity index (χ1) is 9.26. The SMILES string of the molecule is CCOc1ccc(C(=O)N2CCCC2)cc1OCC. The van der Waals surface area contributed by atoms with Crippen molar-refractivity contribution in [3.8, 4) is 11.5 Å². The van der Waals surface area contributed by atoms with Crippen LogP contribution in [-0.2, 0) is 0 Å². The van der Waals surface area contributed by atoms with Gasteiger partial charge in [0.05, 0.1) is 13.2 Å². The zero-order valence-corrected chi connectivity index (χ0v) is 11.6. The Kier molecular flexibility index (Phi) is 4.66. The van der Waals surface area contributed by atoms with Crippen LogP contribution in [0.1, 0.15) is 37.0 Å². The molecule has 2 rings (SSSR count). The molecule has 0 saturated carbocycles. The van der Waals surface area contributed by atoms with E-state index in [0.717, 1.165) is 25.9 Å². The quantitative estimate of drug-likeness (QED) is 0.820. The predicted molar refractivity (Wildman–Crippen MR) is 73.9 cm³/mol. The van der Waals surface area contributed by atoms with Gasteiger partial charge in [-0.25, -0.2) is 0 Å². The number of nitrogens with zero attached hydrogens (tertiary/aromatic N) is 1. The summed E-state index contributed by atoms with van der Waals surface area (Å²) in [6.07, 6.45) is 2.20. The lowest BCUT2D eigenvalue weighted by Crippen LogP contribution is -2.27. The Morgan fingerprint density at radius 2 is 1.74 bits per heavy atom. The van der Waals surface area contributed by atoms with Crippen LogP contribution in [0.25, 0.3) is 0 Å². The van der Waals surface area contributed by atoms with Gasteiger partial charge < -0.3 is 14.4 Å². The van der Waals surface area contributed by atoms with Crippen molar-refractivity contribution in [2.75, 3.05) is 26.3 Å². The van der Waals surface area contributed by atoms with Gasteiger partial charge >= 0.3 is 0 Å². The number of carbonyl (C=O) groups is 1. The Labute approximate surface area is 114 Å². The summed E-state index contributed by atoms with van der Waals surface area (Å²) in [6, 6.07) is 5.42. The summed E-state index contributed by atoms with van der Waals surface area (Å²) >= 11 is 0. The molecule has 1 aromatic carbocycles. The molecule has 0 bridgehead atoms. The van der Waals surface area contributed by atoms with Crippen LogP contribution in [0.15, 0.2) is 18.2 Å². The lowest BCUT2D eigenvalue weighted by Gasteiger charge is -2.17. The monoisotopic (exact) mass is 263 g/mol. The van der Waals surface area contributed by atoms with Gasteiger partial charge in [0.1, 0.15) is 0 Å². The van der Waals surface area contributed by atoms with E-state index < -0.39 is 0 Å². The normalized spacial score (nSPS) is 14.5. The molecule has 19 heavy (non-hydrogen) atoms. The summed E-state index contributed by atoms with van der Waals surface area (Å²) in [5.74, 6) is 1.43. The van der Waals surface area contributed by atoms with Gasteiger partial charge in [-0.2, -0.15) is 0 Å². The van der Waals surface area contributed by atoms with Crippen LogP contribution in [0.5, 0.6) is 11.5 Å². The van der Waals surface area contributed by atoms with Gasteiger partial charge in [-0.05, 0) is 44.9 Å². The molecular weight excluding hydrogens is 242 g/mol. The van der Waals surface area contributed by atoms with Crippen molar-refractivity contribution in [1.29, 1.82) is 0 Å². The molecule has 0 unspecified atom stereocenters. The molecule has 1 amide bonds. The van der Waals surface area contributed by atoms with Gasteiger partial charge in [-0.15, -0.1) is 0 Å². The third-order valence-corrected chi connectivity index (χ3v) is 3.18. The third kappa shape index (κ3) is 3.19. The molecule has 1 saturated heterocycles. The van der Waals surface area contributed by atoms with Gasteiger partial charge in [-0.3, -0.25) is 4.79 Å². The standard InChI is InChI=1S/C15H21NO3/c1-3-18-13-8-7-12(11-14(13)19-4-2)15(17)16-9-5-6-10-16/h7-8,11H,3-6,9-10H2,1-2H3. The van der Waals surface area contributed by atoms with Gasteiger partial charge in [-0.1, -0.05) is 0 Å². The Morgan fingerprint density at radius 3 is 2.37 bits per heavy atom. The van der Waals surface area contributed by atoms with Crippen molar-refractivity contribution < 1.29 is 14.3 Å². The number of likely N-dealkylation sites (tertiary alicyclic amines) is 1. The van der Waals surface area contributed by atoms with Crippen LogP contribution in [0.3, 0.4) is 0 Å². The average molecular weight is 263 g/mol. The molecule has 1 aliphatic rings. The molecule has 0 N–H and O–H groups in total. The number of amides is 1. The lowest BCUT2D eigenvalue weighted by molar-refractivity contribution is 0.0792. The molecule has 1 aromatic rings. The summed E-state index contributed by atoms with van der Waals surface area (Å²) < 4.78 is 11.0. The molecule has 1 fully saturated rings. The Balaban J connectivity index is 2.21. The zero-order chi connectivity index (χ0) is 13.7. The van der Waals surface area contributed by atoms with Crippen LogP contribution in [-0.4, -0.2) is 37.1 Å². The maximum Gasteiger partial charge on any atom is 0.253 e. The van der Waals surface area contributed by atoms with E-state index in [0.29, 0.717) is 30.3 Å². The van der Waals surface area contributed by atoms with Crippen molar-refractivity contribution in [1.82, 2.24) is 4.90 Å². The van der Waals surface area contributed by atoms with E-state index in [4.69, 9.17) is 9.47 Å². The topological polar surface area (TPSA) is 38.8 Å². The van der Waals surface area contributed by atoms with Crippen molar-refractivity contribution in [2.24, 2.45) is 0 Å². The number of carbonyl (C=O) groups excluding carboxylic acids is 1. The minimum atomic E-state index is 0.0847. The van der Waals surface area contributed by atoms with Crippen LogP contribution >= 0.6 is 0 Å². The lowest BCUT2D eigenvalue weighted by atomic mass is 10.1. The van der Waals surface area contributed by atoms with Gasteiger partial charge in [0.2, 0.25) is 0 Å². The second-order valence-electron chi connectivity index (χ2n) is 4.53. The molecule has 1 aliphatic heterocycles. The Morgan fingerprint density at radius 1 is 1.11 bits per heavy atom. The summed E-state index contributed by atoms with van der Waals surface area (Å²) in [6.45, 7) is 6.71. The molecular formula is C15H21NO3. The van der Waals surface area contributed by atoms with E-state index in [1.54, 1.807) is 6.07 Å². The largest absolute Gasteiger partial charge is 0.490 e. The second kappa shape index (κ2) is 6.45. The van der Waals surface area contributed by atoms with E-state index >= 15 is 0 Å². The fraction of sp³-hybridized carbons (Fsp3) is 0.533. The van der Waals surface area contributed by atoms with Gasteiger partial charge in [0.25, 0.3) is 5.91 Å². The van der Waals surface area contributed by atoms with E-state index in [1.807, 2.05) is 30.9 Å². The van der Waals surface area contributed by atoms with Crippen molar-refractivity contribution in [2.45, 2.75) is 26.7 Å². The highest BCUT2D eigenvalue weighted by Gasteiger charge is 2.20. The number of ether oxygens (including phenoxy) is 2. The first-order valence-electron chi connectivity index (χ1n) is 6.95. The molecule has 0 radical (unpaired) electrons.